The highest BCUT2D eigenvalue weighted by Gasteiger charge is 2.04. The lowest BCUT2D eigenvalue weighted by atomic mass is 10.0. The van der Waals surface area contributed by atoms with E-state index < -0.39 is 0 Å². The largest absolute Gasteiger partial charge is 0.427 e. The summed E-state index contributed by atoms with van der Waals surface area (Å²) in [6, 6.07) is 9.40. The minimum Gasteiger partial charge on any atom is -0.427 e. The van der Waals surface area contributed by atoms with Crippen LogP contribution in [0.5, 0.6) is 5.75 Å². The summed E-state index contributed by atoms with van der Waals surface area (Å²) in [5, 5.41) is 0. The van der Waals surface area contributed by atoms with Crippen molar-refractivity contribution in [3.05, 3.63) is 30.3 Å². The molecular weight excluding hydrogens is 597 g/mol. The van der Waals surface area contributed by atoms with Crippen LogP contribution in [0.15, 0.2) is 30.3 Å². The summed E-state index contributed by atoms with van der Waals surface area (Å²) in [6.45, 7) is 2.31. The molecule has 0 aromatic heterocycles. The molecule has 0 amide bonds. The maximum Gasteiger partial charge on any atom is 0.311 e. The average molecular weight is 683 g/mol. The number of ether oxygens (including phenoxy) is 1. The molecule has 286 valence electrons. The van der Waals surface area contributed by atoms with Crippen LogP contribution >= 0.6 is 0 Å². The molecule has 0 radical (unpaired) electrons. The summed E-state index contributed by atoms with van der Waals surface area (Å²) >= 11 is 0. The molecule has 1 aromatic rings. The van der Waals surface area contributed by atoms with E-state index in [-0.39, 0.29) is 5.97 Å². The van der Waals surface area contributed by atoms with Gasteiger partial charge in [0.15, 0.2) is 0 Å². The molecular formula is C47H86O2. The van der Waals surface area contributed by atoms with Crippen LogP contribution in [0, 0.1) is 0 Å². The van der Waals surface area contributed by atoms with E-state index in [2.05, 4.69) is 6.92 Å². The molecule has 2 heteroatoms. The van der Waals surface area contributed by atoms with Gasteiger partial charge in [0, 0.05) is 6.42 Å². The molecule has 1 aromatic carbocycles. The molecule has 49 heavy (non-hydrogen) atoms. The molecule has 0 heterocycles. The highest BCUT2D eigenvalue weighted by atomic mass is 16.5. The van der Waals surface area contributed by atoms with Gasteiger partial charge >= 0.3 is 5.97 Å². The Labute approximate surface area is 308 Å². The van der Waals surface area contributed by atoms with Gasteiger partial charge in [-0.05, 0) is 18.6 Å². The van der Waals surface area contributed by atoms with Crippen LogP contribution in [-0.4, -0.2) is 5.97 Å². The van der Waals surface area contributed by atoms with E-state index >= 15 is 0 Å². The van der Waals surface area contributed by atoms with Crippen LogP contribution in [0.4, 0.5) is 0 Å². The summed E-state index contributed by atoms with van der Waals surface area (Å²) in [7, 11) is 0. The van der Waals surface area contributed by atoms with Crippen molar-refractivity contribution in [2.75, 3.05) is 0 Å². The summed E-state index contributed by atoms with van der Waals surface area (Å²) < 4.78 is 5.35. The lowest BCUT2D eigenvalue weighted by molar-refractivity contribution is -0.134. The monoisotopic (exact) mass is 683 g/mol. The minimum absolute atomic E-state index is 0.0994. The Morgan fingerprint density at radius 1 is 0.347 bits per heavy atom. The standard InChI is InChI=1S/C47H86O2/c1-2-3-4-5-6-7-8-9-10-11-12-13-14-15-16-17-18-19-20-21-22-23-24-25-26-27-28-29-30-31-32-33-34-35-36-37-38-42-45-47(48)49-46-43-40-39-41-44-46/h39-41,43-44H,2-38,42,45H2,1H3. The van der Waals surface area contributed by atoms with Crippen LogP contribution in [0.2, 0.25) is 0 Å². The normalized spacial score (nSPS) is 11.4. The number of esters is 1. The molecule has 0 saturated carbocycles. The topological polar surface area (TPSA) is 26.3 Å². The Balaban J connectivity index is 1.63. The second kappa shape index (κ2) is 39.5. The van der Waals surface area contributed by atoms with Gasteiger partial charge < -0.3 is 4.74 Å². The Morgan fingerprint density at radius 3 is 0.816 bits per heavy atom. The molecule has 0 aliphatic carbocycles. The molecule has 0 fully saturated rings. The van der Waals surface area contributed by atoms with Gasteiger partial charge in [-0.3, -0.25) is 4.79 Å². The Kier molecular flexibility index (Phi) is 36.8. The molecule has 0 saturated heterocycles. The third kappa shape index (κ3) is 36.3. The quantitative estimate of drug-likeness (QED) is 0.0391. The number of unbranched alkanes of at least 4 members (excludes halogenated alkanes) is 37. The third-order valence-corrected chi connectivity index (χ3v) is 10.7. The molecule has 2 nitrogen and oxygen atoms in total. The maximum absolute atomic E-state index is 11.9. The first-order valence-electron chi connectivity index (χ1n) is 22.6. The lowest BCUT2D eigenvalue weighted by Gasteiger charge is -2.05. The van der Waals surface area contributed by atoms with Gasteiger partial charge in [-0.15, -0.1) is 0 Å². The summed E-state index contributed by atoms with van der Waals surface area (Å²) in [5.41, 5.74) is 0. The zero-order valence-electron chi connectivity index (χ0n) is 33.3. The fourth-order valence-corrected chi connectivity index (χ4v) is 7.38. The first kappa shape index (κ1) is 45.7. The van der Waals surface area contributed by atoms with E-state index in [1.165, 1.54) is 231 Å². The first-order valence-corrected chi connectivity index (χ1v) is 22.6. The highest BCUT2D eigenvalue weighted by molar-refractivity contribution is 5.72. The van der Waals surface area contributed by atoms with Crippen molar-refractivity contribution in [2.24, 2.45) is 0 Å². The predicted molar refractivity (Wildman–Crippen MR) is 218 cm³/mol. The van der Waals surface area contributed by atoms with Crippen LogP contribution < -0.4 is 4.74 Å². The smallest absolute Gasteiger partial charge is 0.311 e. The van der Waals surface area contributed by atoms with Crippen molar-refractivity contribution in [1.29, 1.82) is 0 Å². The Hall–Kier alpha value is -1.31. The van der Waals surface area contributed by atoms with Crippen molar-refractivity contribution in [1.82, 2.24) is 0 Å². The molecule has 1 rings (SSSR count). The van der Waals surface area contributed by atoms with E-state index in [4.69, 9.17) is 4.74 Å². The van der Waals surface area contributed by atoms with E-state index in [0.717, 1.165) is 12.8 Å². The van der Waals surface area contributed by atoms with Gasteiger partial charge in [0.25, 0.3) is 0 Å². The zero-order valence-corrected chi connectivity index (χ0v) is 33.3. The van der Waals surface area contributed by atoms with Gasteiger partial charge in [0.05, 0.1) is 0 Å². The summed E-state index contributed by atoms with van der Waals surface area (Å²) in [6.07, 6.45) is 54.8. The second-order valence-electron chi connectivity index (χ2n) is 15.6. The molecule has 0 atom stereocenters. The number of rotatable bonds is 40. The van der Waals surface area contributed by atoms with Gasteiger partial charge in [-0.25, -0.2) is 0 Å². The lowest BCUT2D eigenvalue weighted by Crippen LogP contribution is -2.07. The van der Waals surface area contributed by atoms with Crippen molar-refractivity contribution in [3.8, 4) is 5.75 Å². The Morgan fingerprint density at radius 2 is 0.571 bits per heavy atom. The molecule has 0 aliphatic rings. The fourth-order valence-electron chi connectivity index (χ4n) is 7.38. The molecule has 0 spiro atoms. The van der Waals surface area contributed by atoms with Crippen molar-refractivity contribution < 1.29 is 9.53 Å². The van der Waals surface area contributed by atoms with Crippen LogP contribution in [0.3, 0.4) is 0 Å². The number of carbonyl (C=O) groups excluding carboxylic acids is 1. The van der Waals surface area contributed by atoms with E-state index in [9.17, 15) is 4.79 Å². The van der Waals surface area contributed by atoms with E-state index in [1.807, 2.05) is 30.3 Å². The van der Waals surface area contributed by atoms with Crippen LogP contribution in [-0.2, 0) is 4.79 Å². The van der Waals surface area contributed by atoms with Crippen LogP contribution in [0.25, 0.3) is 0 Å². The number of benzene rings is 1. The van der Waals surface area contributed by atoms with Gasteiger partial charge in [-0.2, -0.15) is 0 Å². The average Bonchev–Trinajstić information content (AvgIpc) is 3.11. The number of para-hydroxylation sites is 1. The third-order valence-electron chi connectivity index (χ3n) is 10.7. The second-order valence-corrected chi connectivity index (χ2v) is 15.6. The maximum atomic E-state index is 11.9. The van der Waals surface area contributed by atoms with Crippen molar-refractivity contribution in [3.63, 3.8) is 0 Å². The summed E-state index contributed by atoms with van der Waals surface area (Å²) in [4.78, 5) is 11.9. The van der Waals surface area contributed by atoms with E-state index in [0.29, 0.717) is 12.2 Å². The number of hydrogen-bond donors (Lipinski definition) is 0. The number of carbonyl (C=O) groups is 1. The fraction of sp³-hybridized carbons (Fsp3) is 0.851. The molecule has 0 aliphatic heterocycles. The van der Waals surface area contributed by atoms with Crippen molar-refractivity contribution in [2.45, 2.75) is 257 Å². The molecule has 0 bridgehead atoms. The predicted octanol–water partition coefficient (Wildman–Crippen LogP) is 16.8. The van der Waals surface area contributed by atoms with Crippen molar-refractivity contribution >= 4 is 5.97 Å². The Bertz CT molecular complexity index is 759. The molecule has 0 unspecified atom stereocenters. The highest BCUT2D eigenvalue weighted by Crippen LogP contribution is 2.18. The SMILES string of the molecule is CCCCCCCCCCCCCCCCCCCCCCCCCCCCCCCCCCCCCCCCC(=O)Oc1ccccc1. The minimum atomic E-state index is -0.0994. The van der Waals surface area contributed by atoms with Gasteiger partial charge in [0.1, 0.15) is 5.75 Å². The zero-order chi connectivity index (χ0) is 35.0. The van der Waals surface area contributed by atoms with Gasteiger partial charge in [-0.1, -0.05) is 263 Å². The summed E-state index contributed by atoms with van der Waals surface area (Å²) in [5.74, 6) is 0.557. The number of hydrogen-bond acceptors (Lipinski definition) is 2. The van der Waals surface area contributed by atoms with Gasteiger partial charge in [0.2, 0.25) is 0 Å². The van der Waals surface area contributed by atoms with Crippen LogP contribution in [0.1, 0.15) is 257 Å². The van der Waals surface area contributed by atoms with E-state index in [1.54, 1.807) is 0 Å². The molecule has 0 N–H and O–H groups in total. The first-order chi connectivity index (χ1) is 24.3.